The summed E-state index contributed by atoms with van der Waals surface area (Å²) in [6.07, 6.45) is 0. The Bertz CT molecular complexity index is 350. The highest BCUT2D eigenvalue weighted by atomic mass is 79.9. The highest BCUT2D eigenvalue weighted by Gasteiger charge is 2.10. The number of carbonyl (C=O) groups excluding carboxylic acids is 1. The minimum atomic E-state index is -0.103. The van der Waals surface area contributed by atoms with E-state index in [1.165, 1.54) is 0 Å². The van der Waals surface area contributed by atoms with Gasteiger partial charge in [0.05, 0.1) is 10.9 Å². The summed E-state index contributed by atoms with van der Waals surface area (Å²) in [7, 11) is 0. The molecule has 1 aromatic rings. The van der Waals surface area contributed by atoms with Crippen LogP contribution in [0.25, 0.3) is 0 Å². The number of ketones is 1. The number of benzene rings is 1. The van der Waals surface area contributed by atoms with E-state index in [0.717, 1.165) is 10.0 Å². The van der Waals surface area contributed by atoms with Crippen LogP contribution in [0.2, 0.25) is 5.02 Å². The van der Waals surface area contributed by atoms with Gasteiger partial charge in [-0.2, -0.15) is 0 Å². The molecule has 0 bridgehead atoms. The summed E-state index contributed by atoms with van der Waals surface area (Å²) in [5.74, 6) is -0.118. The van der Waals surface area contributed by atoms with E-state index in [9.17, 15) is 4.79 Å². The topological polar surface area (TPSA) is 17.1 Å². The number of carbonyl (C=O) groups is 1. The Labute approximate surface area is 95.2 Å². The van der Waals surface area contributed by atoms with Crippen molar-refractivity contribution >= 4 is 44.9 Å². The molecule has 0 aliphatic rings. The number of alkyl halides is 1. The number of hydrogen-bond acceptors (Lipinski definition) is 1. The van der Waals surface area contributed by atoms with E-state index in [1.54, 1.807) is 6.07 Å². The summed E-state index contributed by atoms with van der Waals surface area (Å²) in [5.41, 5.74) is 1.46. The molecule has 0 spiro atoms. The fourth-order valence-corrected chi connectivity index (χ4v) is 1.78. The van der Waals surface area contributed by atoms with Crippen molar-refractivity contribution in [2.75, 3.05) is 5.88 Å². The maximum absolute atomic E-state index is 11.3. The van der Waals surface area contributed by atoms with Crippen molar-refractivity contribution in [3.05, 3.63) is 32.8 Å². The van der Waals surface area contributed by atoms with E-state index in [1.807, 2.05) is 13.0 Å². The molecule has 1 nitrogen and oxygen atoms in total. The fourth-order valence-electron chi connectivity index (χ4n) is 1.02. The second kappa shape index (κ2) is 4.45. The van der Waals surface area contributed by atoms with Gasteiger partial charge in [-0.3, -0.25) is 4.79 Å². The van der Waals surface area contributed by atoms with Gasteiger partial charge in [-0.1, -0.05) is 11.6 Å². The van der Waals surface area contributed by atoms with Gasteiger partial charge in [-0.25, -0.2) is 0 Å². The summed E-state index contributed by atoms with van der Waals surface area (Å²) in [6, 6.07) is 3.44. The predicted molar refractivity (Wildman–Crippen MR) is 58.9 cm³/mol. The Morgan fingerprint density at radius 3 is 2.69 bits per heavy atom. The molecule has 1 rings (SSSR count). The quantitative estimate of drug-likeness (QED) is 0.595. The van der Waals surface area contributed by atoms with Crippen LogP contribution in [0.15, 0.2) is 16.6 Å². The summed E-state index contributed by atoms with van der Waals surface area (Å²) in [5, 5.41) is 0.527. The van der Waals surface area contributed by atoms with E-state index in [2.05, 4.69) is 15.9 Å². The van der Waals surface area contributed by atoms with Crippen molar-refractivity contribution < 1.29 is 4.79 Å². The van der Waals surface area contributed by atoms with Crippen molar-refractivity contribution in [2.24, 2.45) is 0 Å². The molecule has 4 heteroatoms. The molecule has 1 aromatic carbocycles. The van der Waals surface area contributed by atoms with E-state index >= 15 is 0 Å². The lowest BCUT2D eigenvalue weighted by molar-refractivity contribution is 0.102. The van der Waals surface area contributed by atoms with Gasteiger partial charge in [0.1, 0.15) is 0 Å². The smallest absolute Gasteiger partial charge is 0.177 e. The zero-order valence-electron chi connectivity index (χ0n) is 6.90. The second-order valence-corrected chi connectivity index (χ2v) is 4.17. The van der Waals surface area contributed by atoms with Gasteiger partial charge >= 0.3 is 0 Å². The van der Waals surface area contributed by atoms with E-state index in [4.69, 9.17) is 23.2 Å². The van der Waals surface area contributed by atoms with E-state index < -0.39 is 0 Å². The van der Waals surface area contributed by atoms with Crippen molar-refractivity contribution in [2.45, 2.75) is 6.92 Å². The van der Waals surface area contributed by atoms with Crippen LogP contribution in [0.1, 0.15) is 15.9 Å². The van der Waals surface area contributed by atoms with Gasteiger partial charge in [0.25, 0.3) is 0 Å². The molecular formula is C9H7BrCl2O. The summed E-state index contributed by atoms with van der Waals surface area (Å²) < 4.78 is 0.790. The van der Waals surface area contributed by atoms with Crippen LogP contribution in [0.4, 0.5) is 0 Å². The van der Waals surface area contributed by atoms with Crippen LogP contribution in [0, 0.1) is 6.92 Å². The fraction of sp³-hybridized carbons (Fsp3) is 0.222. The molecule has 0 heterocycles. The lowest BCUT2D eigenvalue weighted by Gasteiger charge is -2.04. The third-order valence-corrected chi connectivity index (χ3v) is 3.13. The first-order chi connectivity index (χ1) is 6.06. The number of hydrogen-bond donors (Lipinski definition) is 0. The first-order valence-electron chi connectivity index (χ1n) is 3.61. The van der Waals surface area contributed by atoms with E-state index in [-0.39, 0.29) is 11.7 Å². The van der Waals surface area contributed by atoms with Gasteiger partial charge in [0.2, 0.25) is 0 Å². The third-order valence-electron chi connectivity index (χ3n) is 1.69. The van der Waals surface area contributed by atoms with Crippen LogP contribution in [-0.4, -0.2) is 11.7 Å². The van der Waals surface area contributed by atoms with Crippen molar-refractivity contribution in [1.29, 1.82) is 0 Å². The highest BCUT2D eigenvalue weighted by molar-refractivity contribution is 9.10. The zero-order chi connectivity index (χ0) is 10.0. The molecule has 0 atom stereocenters. The van der Waals surface area contributed by atoms with Gasteiger partial charge in [-0.15, -0.1) is 11.6 Å². The van der Waals surface area contributed by atoms with Crippen molar-refractivity contribution in [3.63, 3.8) is 0 Å². The summed E-state index contributed by atoms with van der Waals surface area (Å²) in [4.78, 5) is 11.3. The van der Waals surface area contributed by atoms with Crippen LogP contribution < -0.4 is 0 Å². The number of rotatable bonds is 2. The maximum Gasteiger partial charge on any atom is 0.177 e. The van der Waals surface area contributed by atoms with Crippen molar-refractivity contribution in [1.82, 2.24) is 0 Å². The minimum Gasteiger partial charge on any atom is -0.293 e. The lowest BCUT2D eigenvalue weighted by atomic mass is 10.1. The van der Waals surface area contributed by atoms with Gasteiger partial charge in [-0.05, 0) is 40.5 Å². The molecule has 0 unspecified atom stereocenters. The molecule has 0 amide bonds. The number of halogens is 3. The van der Waals surface area contributed by atoms with Crippen LogP contribution >= 0.6 is 39.1 Å². The van der Waals surface area contributed by atoms with Gasteiger partial charge < -0.3 is 0 Å². The molecule has 13 heavy (non-hydrogen) atoms. The summed E-state index contributed by atoms with van der Waals surface area (Å²) >= 11 is 14.6. The van der Waals surface area contributed by atoms with Gasteiger partial charge in [0, 0.05) is 10.0 Å². The molecule has 70 valence electrons. The molecule has 0 aromatic heterocycles. The van der Waals surface area contributed by atoms with Crippen molar-refractivity contribution in [3.8, 4) is 0 Å². The molecule has 0 fully saturated rings. The lowest BCUT2D eigenvalue weighted by Crippen LogP contribution is -2.02. The Balaban J connectivity index is 3.23. The highest BCUT2D eigenvalue weighted by Crippen LogP contribution is 2.26. The largest absolute Gasteiger partial charge is 0.293 e. The normalized spacial score (nSPS) is 10.2. The molecule has 0 aliphatic heterocycles. The third kappa shape index (κ3) is 2.46. The average molecular weight is 282 g/mol. The van der Waals surface area contributed by atoms with E-state index in [0.29, 0.717) is 10.6 Å². The monoisotopic (exact) mass is 280 g/mol. The van der Waals surface area contributed by atoms with Crippen LogP contribution in [0.3, 0.4) is 0 Å². The van der Waals surface area contributed by atoms with Crippen LogP contribution in [0.5, 0.6) is 0 Å². The predicted octanol–water partition coefficient (Wildman–Crippen LogP) is 3.83. The maximum atomic E-state index is 11.3. The zero-order valence-corrected chi connectivity index (χ0v) is 10.0. The molecule has 0 saturated carbocycles. The minimum absolute atomic E-state index is 0.0151. The first kappa shape index (κ1) is 11.0. The Morgan fingerprint density at radius 1 is 1.54 bits per heavy atom. The summed E-state index contributed by atoms with van der Waals surface area (Å²) in [6.45, 7) is 1.85. The Kier molecular flexibility index (Phi) is 3.77. The molecule has 0 aliphatic carbocycles. The average Bonchev–Trinajstić information content (AvgIpc) is 2.10. The SMILES string of the molecule is Cc1cc(Br)c(Cl)cc1C(=O)CCl. The molecule has 0 radical (unpaired) electrons. The first-order valence-corrected chi connectivity index (χ1v) is 5.31. The standard InChI is InChI=1S/C9H7BrCl2O/c1-5-2-7(10)8(12)3-6(5)9(13)4-11/h2-3H,4H2,1H3. The number of Topliss-reactive ketones (excluding diaryl/α,β-unsaturated/α-hetero) is 1. The van der Waals surface area contributed by atoms with Crippen LogP contribution in [-0.2, 0) is 0 Å². The Morgan fingerprint density at radius 2 is 2.15 bits per heavy atom. The van der Waals surface area contributed by atoms with Gasteiger partial charge in [0.15, 0.2) is 5.78 Å². The second-order valence-electron chi connectivity index (χ2n) is 2.64. The Hall–Kier alpha value is -0.0500. The molecule has 0 saturated heterocycles. The molecular weight excluding hydrogens is 275 g/mol. The molecule has 0 N–H and O–H groups in total. The number of aryl methyl sites for hydroxylation is 1.